The normalized spacial score (nSPS) is 11.8. The summed E-state index contributed by atoms with van der Waals surface area (Å²) in [5, 5.41) is 0.241. The fourth-order valence-corrected chi connectivity index (χ4v) is 3.44. The lowest BCUT2D eigenvalue weighted by Crippen LogP contribution is -2.44. The highest BCUT2D eigenvalue weighted by atomic mass is 35.5. The van der Waals surface area contributed by atoms with Gasteiger partial charge in [0.05, 0.1) is 11.3 Å². The summed E-state index contributed by atoms with van der Waals surface area (Å²) in [6.45, 7) is -0.502. The van der Waals surface area contributed by atoms with Crippen LogP contribution >= 0.6 is 11.6 Å². The maximum Gasteiger partial charge on any atom is 0.426 e. The van der Waals surface area contributed by atoms with E-state index in [1.54, 1.807) is 12.1 Å². The highest BCUT2D eigenvalue weighted by molar-refractivity contribution is 6.80. The highest BCUT2D eigenvalue weighted by Gasteiger charge is 2.30. The van der Waals surface area contributed by atoms with E-state index in [0.29, 0.717) is 17.0 Å². The number of alkyl halides is 3. The average molecular weight is 465 g/mol. The topological polar surface area (TPSA) is 35.0 Å². The van der Waals surface area contributed by atoms with Gasteiger partial charge in [0, 0.05) is 17.7 Å². The van der Waals surface area contributed by atoms with E-state index in [9.17, 15) is 13.2 Å². The molecule has 33 heavy (non-hydrogen) atoms. The first-order chi connectivity index (χ1) is 15.9. The van der Waals surface area contributed by atoms with Crippen molar-refractivity contribution in [1.82, 2.24) is 9.97 Å². The largest absolute Gasteiger partial charge is 0.551 e. The minimum absolute atomic E-state index is 0.241. The van der Waals surface area contributed by atoms with Gasteiger partial charge in [-0.25, -0.2) is 9.97 Å². The van der Waals surface area contributed by atoms with Crippen LogP contribution in [0.5, 0.6) is 0 Å². The summed E-state index contributed by atoms with van der Waals surface area (Å²) < 4.78 is 45.7. The van der Waals surface area contributed by atoms with Crippen LogP contribution in [-0.4, -0.2) is 16.9 Å². The number of aromatic nitrogens is 2. The van der Waals surface area contributed by atoms with Crippen LogP contribution in [0.4, 0.5) is 13.2 Å². The molecule has 3 nitrogen and oxygen atoms in total. The van der Waals surface area contributed by atoms with Gasteiger partial charge >= 0.3 is 13.1 Å². The third kappa shape index (κ3) is 5.81. The fourth-order valence-electron chi connectivity index (χ4n) is 3.28. The van der Waals surface area contributed by atoms with Crippen LogP contribution in [0.15, 0.2) is 97.3 Å². The van der Waals surface area contributed by atoms with Crippen LogP contribution < -0.4 is 10.9 Å². The summed E-state index contributed by atoms with van der Waals surface area (Å²) in [6, 6.07) is 25.5. The quantitative estimate of drug-likeness (QED) is 0.216. The van der Waals surface area contributed by atoms with Gasteiger partial charge < -0.3 is 4.65 Å². The Balaban J connectivity index is 1.79. The standard InChI is InChI=1S/C25H17BClF3N2O/c27-24-16-22(31-17-32-24)15-23(18-11-13-19(14-12-18)25(28,29)30)33-26(20-7-3-1-4-8-20)21-9-5-2-6-10-21/h1-17H/b23-15+. The summed E-state index contributed by atoms with van der Waals surface area (Å²) in [7, 11) is 0. The molecule has 0 fully saturated rings. The van der Waals surface area contributed by atoms with E-state index in [4.69, 9.17) is 16.3 Å². The van der Waals surface area contributed by atoms with Crippen molar-refractivity contribution >= 4 is 41.3 Å². The van der Waals surface area contributed by atoms with Crippen LogP contribution in [0.1, 0.15) is 16.8 Å². The molecule has 0 N–H and O–H groups in total. The van der Waals surface area contributed by atoms with Crippen molar-refractivity contribution in [3.05, 3.63) is 119 Å². The summed E-state index contributed by atoms with van der Waals surface area (Å²) >= 11 is 6.00. The fraction of sp³-hybridized carbons (Fsp3) is 0.0400. The van der Waals surface area contributed by atoms with Gasteiger partial charge in [0.2, 0.25) is 0 Å². The molecular weight excluding hydrogens is 448 g/mol. The van der Waals surface area contributed by atoms with E-state index < -0.39 is 18.7 Å². The molecule has 8 heteroatoms. The molecule has 0 radical (unpaired) electrons. The molecule has 0 aliphatic rings. The number of nitrogens with zero attached hydrogens (tertiary/aromatic N) is 2. The lowest BCUT2D eigenvalue weighted by Gasteiger charge is -2.20. The summed E-state index contributed by atoms with van der Waals surface area (Å²) in [6.07, 6.45) is -1.49. The van der Waals surface area contributed by atoms with Gasteiger partial charge in [0.15, 0.2) is 0 Å². The van der Waals surface area contributed by atoms with E-state index in [1.807, 2.05) is 60.7 Å². The monoisotopic (exact) mass is 464 g/mol. The van der Waals surface area contributed by atoms with Crippen molar-refractivity contribution in [1.29, 1.82) is 0 Å². The minimum Gasteiger partial charge on any atom is -0.551 e. The van der Waals surface area contributed by atoms with Crippen molar-refractivity contribution in [2.45, 2.75) is 6.18 Å². The lowest BCUT2D eigenvalue weighted by atomic mass is 9.55. The molecule has 164 valence electrons. The Morgan fingerprint density at radius 2 is 1.39 bits per heavy atom. The molecule has 4 aromatic rings. The lowest BCUT2D eigenvalue weighted by molar-refractivity contribution is -0.137. The Bertz CT molecular complexity index is 1190. The molecule has 1 aromatic heterocycles. The molecule has 0 spiro atoms. The van der Waals surface area contributed by atoms with Crippen molar-refractivity contribution in [2.75, 3.05) is 0 Å². The Hall–Kier alpha value is -3.58. The minimum atomic E-state index is -4.43. The van der Waals surface area contributed by atoms with Gasteiger partial charge in [-0.3, -0.25) is 0 Å². The van der Waals surface area contributed by atoms with Gasteiger partial charge in [0.25, 0.3) is 0 Å². The first-order valence-corrected chi connectivity index (χ1v) is 10.4. The van der Waals surface area contributed by atoms with Crippen LogP contribution in [-0.2, 0) is 10.8 Å². The number of rotatable bonds is 6. The van der Waals surface area contributed by atoms with Crippen molar-refractivity contribution < 1.29 is 17.8 Å². The zero-order valence-electron chi connectivity index (χ0n) is 17.2. The second-order valence-corrected chi connectivity index (χ2v) is 7.56. The molecule has 0 amide bonds. The molecule has 3 aromatic carbocycles. The zero-order valence-corrected chi connectivity index (χ0v) is 18.0. The first-order valence-electron chi connectivity index (χ1n) is 10.0. The third-order valence-corrected chi connectivity index (χ3v) is 5.09. The van der Waals surface area contributed by atoms with Gasteiger partial charge in [-0.2, -0.15) is 13.2 Å². The van der Waals surface area contributed by atoms with Crippen LogP contribution in [0.25, 0.3) is 11.8 Å². The molecule has 0 aliphatic carbocycles. The Labute approximate surface area is 194 Å². The van der Waals surface area contributed by atoms with E-state index in [-0.39, 0.29) is 5.15 Å². The Morgan fingerprint density at radius 1 is 0.818 bits per heavy atom. The molecule has 0 atom stereocenters. The van der Waals surface area contributed by atoms with Crippen LogP contribution in [0.2, 0.25) is 5.15 Å². The highest BCUT2D eigenvalue weighted by Crippen LogP contribution is 2.30. The molecule has 0 saturated heterocycles. The predicted octanol–water partition coefficient (Wildman–Crippen LogP) is 5.47. The van der Waals surface area contributed by atoms with Gasteiger partial charge in [-0.15, -0.1) is 0 Å². The van der Waals surface area contributed by atoms with Crippen molar-refractivity contribution in [3.63, 3.8) is 0 Å². The zero-order chi connectivity index (χ0) is 23.3. The first kappa shape index (κ1) is 22.6. The van der Waals surface area contributed by atoms with Gasteiger partial charge in [0.1, 0.15) is 17.2 Å². The van der Waals surface area contributed by atoms with Crippen molar-refractivity contribution in [2.24, 2.45) is 0 Å². The molecule has 4 rings (SSSR count). The molecule has 0 aliphatic heterocycles. The second-order valence-electron chi connectivity index (χ2n) is 7.17. The smallest absolute Gasteiger partial charge is 0.426 e. The predicted molar refractivity (Wildman–Crippen MR) is 125 cm³/mol. The number of hydrogen-bond acceptors (Lipinski definition) is 3. The molecular formula is C25H17BClF3N2O. The Morgan fingerprint density at radius 3 is 1.91 bits per heavy atom. The van der Waals surface area contributed by atoms with E-state index in [2.05, 4.69) is 9.97 Å². The van der Waals surface area contributed by atoms with E-state index >= 15 is 0 Å². The van der Waals surface area contributed by atoms with E-state index in [1.165, 1.54) is 18.5 Å². The van der Waals surface area contributed by atoms with Gasteiger partial charge in [-0.05, 0) is 23.1 Å². The average Bonchev–Trinajstić information content (AvgIpc) is 2.82. The van der Waals surface area contributed by atoms with Crippen molar-refractivity contribution in [3.8, 4) is 0 Å². The third-order valence-electron chi connectivity index (χ3n) is 4.88. The molecule has 0 bridgehead atoms. The maximum atomic E-state index is 13.1. The second kappa shape index (κ2) is 9.92. The molecule has 1 heterocycles. The van der Waals surface area contributed by atoms with E-state index in [0.717, 1.165) is 23.1 Å². The summed E-state index contributed by atoms with van der Waals surface area (Å²) in [5.74, 6) is 0.344. The maximum absolute atomic E-state index is 13.1. The molecule has 0 saturated carbocycles. The number of hydrogen-bond donors (Lipinski definition) is 0. The molecule has 0 unspecified atom stereocenters. The van der Waals surface area contributed by atoms with Gasteiger partial charge in [-0.1, -0.05) is 84.4 Å². The Kier molecular flexibility index (Phi) is 6.80. The summed E-state index contributed by atoms with van der Waals surface area (Å²) in [5.41, 5.74) is 1.97. The van der Waals surface area contributed by atoms with Crippen LogP contribution in [0, 0.1) is 0 Å². The summed E-state index contributed by atoms with van der Waals surface area (Å²) in [4.78, 5) is 8.06. The SMILES string of the molecule is FC(F)(F)c1ccc(/C(=C\c2cc(Cl)ncn2)OB(c2ccccc2)c2ccccc2)cc1. The number of benzene rings is 3. The number of halogens is 4. The van der Waals surface area contributed by atoms with Crippen LogP contribution in [0.3, 0.4) is 0 Å².